The molecule has 106 valence electrons. The molecule has 0 radical (unpaired) electrons. The Morgan fingerprint density at radius 2 is 1.52 bits per heavy atom. The summed E-state index contributed by atoms with van der Waals surface area (Å²) in [6.45, 7) is 0.558. The molecular formula is C15H12Cl2N4. The highest BCUT2D eigenvalue weighted by atomic mass is 35.5. The Hall–Kier alpha value is -2.04. The maximum atomic E-state index is 5.86. The van der Waals surface area contributed by atoms with E-state index in [4.69, 9.17) is 23.2 Å². The molecule has 1 heterocycles. The van der Waals surface area contributed by atoms with E-state index in [2.05, 4.69) is 20.5 Å². The summed E-state index contributed by atoms with van der Waals surface area (Å²) in [7, 11) is 0. The van der Waals surface area contributed by atoms with Crippen molar-refractivity contribution in [3.8, 4) is 11.4 Å². The number of benzene rings is 2. The van der Waals surface area contributed by atoms with E-state index < -0.39 is 0 Å². The molecule has 0 bridgehead atoms. The first-order valence-corrected chi connectivity index (χ1v) is 7.13. The van der Waals surface area contributed by atoms with E-state index in [1.54, 1.807) is 0 Å². The van der Waals surface area contributed by atoms with Gasteiger partial charge in [-0.15, -0.1) is 0 Å². The summed E-state index contributed by atoms with van der Waals surface area (Å²) in [5, 5.41) is 11.8. The number of H-pyrrole nitrogens is 1. The minimum Gasteiger partial charge on any atom is -0.378 e. The van der Waals surface area contributed by atoms with Crippen molar-refractivity contribution in [1.29, 1.82) is 0 Å². The number of aromatic amines is 1. The Morgan fingerprint density at radius 1 is 0.905 bits per heavy atom. The van der Waals surface area contributed by atoms with Crippen LogP contribution < -0.4 is 5.32 Å². The number of hydrogen-bond acceptors (Lipinski definition) is 3. The van der Waals surface area contributed by atoms with Crippen molar-refractivity contribution in [2.24, 2.45) is 0 Å². The summed E-state index contributed by atoms with van der Waals surface area (Å²) in [6, 6.07) is 14.9. The molecule has 6 heteroatoms. The third-order valence-corrected chi connectivity index (χ3v) is 3.44. The van der Waals surface area contributed by atoms with Gasteiger partial charge in [-0.3, -0.25) is 5.10 Å². The van der Waals surface area contributed by atoms with Crippen molar-refractivity contribution >= 4 is 28.9 Å². The van der Waals surface area contributed by atoms with Gasteiger partial charge in [0, 0.05) is 21.3 Å². The largest absolute Gasteiger partial charge is 0.378 e. The standard InChI is InChI=1S/C15H12Cl2N4/c16-11-3-1-10(2-4-11)15-19-14(20-21-15)9-18-13-7-5-12(17)6-8-13/h1-8,18H,9H2,(H,19,20,21). The number of hydrogen-bond donors (Lipinski definition) is 2. The number of nitrogens with zero attached hydrogens (tertiary/aromatic N) is 2. The minimum absolute atomic E-state index is 0.558. The van der Waals surface area contributed by atoms with E-state index >= 15 is 0 Å². The predicted octanol–water partition coefficient (Wildman–Crippen LogP) is 4.39. The smallest absolute Gasteiger partial charge is 0.181 e. The van der Waals surface area contributed by atoms with Gasteiger partial charge >= 0.3 is 0 Å². The van der Waals surface area contributed by atoms with E-state index in [0.29, 0.717) is 22.4 Å². The molecular weight excluding hydrogens is 307 g/mol. The summed E-state index contributed by atoms with van der Waals surface area (Å²) in [5.74, 6) is 1.41. The number of anilines is 1. The first kappa shape index (κ1) is 13.9. The Balaban J connectivity index is 1.67. The molecule has 0 spiro atoms. The van der Waals surface area contributed by atoms with Gasteiger partial charge < -0.3 is 5.32 Å². The number of rotatable bonds is 4. The molecule has 2 N–H and O–H groups in total. The van der Waals surface area contributed by atoms with Gasteiger partial charge in [0.25, 0.3) is 0 Å². The van der Waals surface area contributed by atoms with Crippen LogP contribution in [0.1, 0.15) is 5.82 Å². The fourth-order valence-electron chi connectivity index (χ4n) is 1.86. The van der Waals surface area contributed by atoms with Crippen molar-refractivity contribution in [3.05, 3.63) is 64.4 Å². The average Bonchev–Trinajstić information content (AvgIpc) is 2.96. The SMILES string of the molecule is Clc1ccc(NCc2nc(-c3ccc(Cl)cc3)n[nH]2)cc1. The van der Waals surface area contributed by atoms with E-state index in [0.717, 1.165) is 17.1 Å². The summed E-state index contributed by atoms with van der Waals surface area (Å²) in [5.41, 5.74) is 1.90. The van der Waals surface area contributed by atoms with Gasteiger partial charge in [0.15, 0.2) is 5.82 Å². The van der Waals surface area contributed by atoms with Gasteiger partial charge in [0.1, 0.15) is 5.82 Å². The summed E-state index contributed by atoms with van der Waals surface area (Å²) < 4.78 is 0. The highest BCUT2D eigenvalue weighted by Gasteiger charge is 2.05. The van der Waals surface area contributed by atoms with Crippen LogP contribution in [0.3, 0.4) is 0 Å². The third-order valence-electron chi connectivity index (χ3n) is 2.94. The lowest BCUT2D eigenvalue weighted by atomic mass is 10.2. The van der Waals surface area contributed by atoms with Crippen LogP contribution in [0.4, 0.5) is 5.69 Å². The molecule has 0 aliphatic carbocycles. The molecule has 0 atom stereocenters. The second-order valence-corrected chi connectivity index (χ2v) is 5.35. The van der Waals surface area contributed by atoms with E-state index in [1.807, 2.05) is 48.5 Å². The highest BCUT2D eigenvalue weighted by Crippen LogP contribution is 2.18. The second-order valence-electron chi connectivity index (χ2n) is 4.47. The number of nitrogens with one attached hydrogen (secondary N) is 2. The molecule has 1 aromatic heterocycles. The van der Waals surface area contributed by atoms with Gasteiger partial charge in [-0.2, -0.15) is 5.10 Å². The number of halogens is 2. The maximum Gasteiger partial charge on any atom is 0.181 e. The Kier molecular flexibility index (Phi) is 4.08. The molecule has 0 unspecified atom stereocenters. The molecule has 3 aromatic rings. The first-order chi connectivity index (χ1) is 10.2. The van der Waals surface area contributed by atoms with Crippen molar-refractivity contribution < 1.29 is 0 Å². The summed E-state index contributed by atoms with van der Waals surface area (Å²) >= 11 is 11.7. The highest BCUT2D eigenvalue weighted by molar-refractivity contribution is 6.30. The van der Waals surface area contributed by atoms with E-state index in [1.165, 1.54) is 0 Å². The van der Waals surface area contributed by atoms with Crippen LogP contribution >= 0.6 is 23.2 Å². The molecule has 0 fully saturated rings. The second kappa shape index (κ2) is 6.16. The molecule has 0 saturated carbocycles. The van der Waals surface area contributed by atoms with Crippen LogP contribution in [-0.4, -0.2) is 15.2 Å². The maximum absolute atomic E-state index is 5.86. The summed E-state index contributed by atoms with van der Waals surface area (Å²) in [6.07, 6.45) is 0. The zero-order chi connectivity index (χ0) is 14.7. The van der Waals surface area contributed by atoms with Crippen molar-refractivity contribution in [3.63, 3.8) is 0 Å². The van der Waals surface area contributed by atoms with Crippen LogP contribution in [0, 0.1) is 0 Å². The fourth-order valence-corrected chi connectivity index (χ4v) is 2.11. The van der Waals surface area contributed by atoms with Crippen LogP contribution in [0.25, 0.3) is 11.4 Å². The molecule has 0 aliphatic heterocycles. The quantitative estimate of drug-likeness (QED) is 0.750. The minimum atomic E-state index is 0.558. The monoisotopic (exact) mass is 318 g/mol. The molecule has 2 aromatic carbocycles. The van der Waals surface area contributed by atoms with Crippen LogP contribution in [0.15, 0.2) is 48.5 Å². The van der Waals surface area contributed by atoms with Gasteiger partial charge in [-0.25, -0.2) is 4.98 Å². The van der Waals surface area contributed by atoms with Gasteiger partial charge in [0.2, 0.25) is 0 Å². The Labute approximate surface area is 132 Å². The van der Waals surface area contributed by atoms with Crippen molar-refractivity contribution in [1.82, 2.24) is 15.2 Å². The normalized spacial score (nSPS) is 10.6. The third kappa shape index (κ3) is 3.54. The van der Waals surface area contributed by atoms with Gasteiger partial charge in [-0.05, 0) is 48.5 Å². The molecule has 0 amide bonds. The Morgan fingerprint density at radius 3 is 2.19 bits per heavy atom. The van der Waals surface area contributed by atoms with E-state index in [-0.39, 0.29) is 0 Å². The van der Waals surface area contributed by atoms with Crippen LogP contribution in [-0.2, 0) is 6.54 Å². The molecule has 21 heavy (non-hydrogen) atoms. The zero-order valence-corrected chi connectivity index (χ0v) is 12.5. The molecule has 3 rings (SSSR count). The first-order valence-electron chi connectivity index (χ1n) is 6.37. The number of aromatic nitrogens is 3. The lowest BCUT2D eigenvalue weighted by molar-refractivity contribution is 0.955. The van der Waals surface area contributed by atoms with E-state index in [9.17, 15) is 0 Å². The Bertz CT molecular complexity index is 720. The topological polar surface area (TPSA) is 53.6 Å². The molecule has 0 aliphatic rings. The molecule has 4 nitrogen and oxygen atoms in total. The summed E-state index contributed by atoms with van der Waals surface area (Å²) in [4.78, 5) is 4.44. The van der Waals surface area contributed by atoms with Gasteiger partial charge in [0.05, 0.1) is 6.54 Å². The lowest BCUT2D eigenvalue weighted by Crippen LogP contribution is -2.00. The zero-order valence-electron chi connectivity index (χ0n) is 11.0. The predicted molar refractivity (Wildman–Crippen MR) is 85.6 cm³/mol. The van der Waals surface area contributed by atoms with Crippen LogP contribution in [0.5, 0.6) is 0 Å². The van der Waals surface area contributed by atoms with Crippen molar-refractivity contribution in [2.75, 3.05) is 5.32 Å². The van der Waals surface area contributed by atoms with Crippen molar-refractivity contribution in [2.45, 2.75) is 6.54 Å². The fraction of sp³-hybridized carbons (Fsp3) is 0.0667. The van der Waals surface area contributed by atoms with Gasteiger partial charge in [-0.1, -0.05) is 23.2 Å². The average molecular weight is 319 g/mol. The lowest BCUT2D eigenvalue weighted by Gasteiger charge is -2.03. The molecule has 0 saturated heterocycles. The van der Waals surface area contributed by atoms with Crippen LogP contribution in [0.2, 0.25) is 10.0 Å².